The van der Waals surface area contributed by atoms with Gasteiger partial charge in [0.25, 0.3) is 0 Å². The minimum Gasteiger partial charge on any atom is -0.496 e. The lowest BCUT2D eigenvalue weighted by atomic mass is 10.0. The molecule has 0 saturated heterocycles. The van der Waals surface area contributed by atoms with Crippen molar-refractivity contribution in [3.8, 4) is 23.0 Å². The van der Waals surface area contributed by atoms with Crippen LogP contribution in [0.25, 0.3) is 24.3 Å². The van der Waals surface area contributed by atoms with Crippen LogP contribution in [0.3, 0.4) is 0 Å². The maximum Gasteiger partial charge on any atom is 0.199 e. The van der Waals surface area contributed by atoms with E-state index >= 15 is 0 Å². The quantitative estimate of drug-likeness (QED) is 0.254. The molecule has 0 aliphatic heterocycles. The number of benzene rings is 3. The van der Waals surface area contributed by atoms with Gasteiger partial charge in [0.1, 0.15) is 37.1 Å². The van der Waals surface area contributed by atoms with Gasteiger partial charge in [-0.25, -0.2) is 4.58 Å². The van der Waals surface area contributed by atoms with E-state index in [9.17, 15) is 0 Å². The summed E-state index contributed by atoms with van der Waals surface area (Å²) in [4.78, 5) is 2.08. The van der Waals surface area contributed by atoms with Crippen LogP contribution in [0.5, 0.6) is 23.0 Å². The molecule has 0 atom stereocenters. The number of rotatable bonds is 9. The third kappa shape index (κ3) is 7.66. The van der Waals surface area contributed by atoms with Crippen molar-refractivity contribution in [1.29, 1.82) is 0 Å². The van der Waals surface area contributed by atoms with Crippen LogP contribution in [0, 0.1) is 0 Å². The van der Waals surface area contributed by atoms with Crippen molar-refractivity contribution in [2.45, 2.75) is 0 Å². The summed E-state index contributed by atoms with van der Waals surface area (Å²) >= 11 is 0. The first kappa shape index (κ1) is 31.0. The Morgan fingerprint density at radius 1 is 0.628 bits per heavy atom. The number of hydrogen-bond acceptors (Lipinski definition) is 5. The van der Waals surface area contributed by atoms with Crippen molar-refractivity contribution < 1.29 is 23.5 Å². The van der Waals surface area contributed by atoms with Gasteiger partial charge < -0.3 is 23.8 Å². The van der Waals surface area contributed by atoms with E-state index in [-0.39, 0.29) is 0 Å². The van der Waals surface area contributed by atoms with E-state index in [4.69, 9.17) is 18.9 Å². The second-order valence-electron chi connectivity index (χ2n) is 10.5. The summed E-state index contributed by atoms with van der Waals surface area (Å²) in [5, 5.41) is 1.75. The Kier molecular flexibility index (Phi) is 10.3. The van der Waals surface area contributed by atoms with Crippen LogP contribution in [0.1, 0.15) is 16.7 Å². The Labute approximate surface area is 255 Å². The van der Waals surface area contributed by atoms with Crippen LogP contribution < -0.4 is 34.3 Å². The Morgan fingerprint density at radius 3 is 1.65 bits per heavy atom. The molecule has 0 saturated carbocycles. The summed E-state index contributed by atoms with van der Waals surface area (Å²) in [5.41, 5.74) is 6.27. The first-order valence-electron chi connectivity index (χ1n) is 14.0. The normalized spacial score (nSPS) is 12.3. The Morgan fingerprint density at radius 2 is 1.16 bits per heavy atom. The lowest BCUT2D eigenvalue weighted by Crippen LogP contribution is -2.16. The fourth-order valence-electron chi connectivity index (χ4n) is 4.69. The molecule has 0 fully saturated rings. The zero-order valence-electron chi connectivity index (χ0n) is 26.3. The molecular weight excluding hydrogens is 536 g/mol. The van der Waals surface area contributed by atoms with Gasteiger partial charge in [-0.15, -0.1) is 0 Å². The molecule has 0 aromatic heterocycles. The van der Waals surface area contributed by atoms with Crippen LogP contribution in [0.15, 0.2) is 84.5 Å². The molecule has 0 amide bonds. The molecule has 0 N–H and O–H groups in total. The third-order valence-corrected chi connectivity index (χ3v) is 7.18. The number of anilines is 1. The maximum absolute atomic E-state index is 5.83. The van der Waals surface area contributed by atoms with Crippen LogP contribution in [-0.4, -0.2) is 66.9 Å². The SMILES string of the molecule is COc1cc(/C=C/c2ccc(N(C)C)cc2)cc(OC)c1C=c1c(OC)cc(=CC=C2C=CC(=[N+](C)C)C=C2)cc1OC. The molecule has 6 nitrogen and oxygen atoms in total. The number of methoxy groups -OCH3 is 4. The molecule has 0 bridgehead atoms. The largest absolute Gasteiger partial charge is 0.496 e. The topological polar surface area (TPSA) is 43.2 Å². The number of hydrogen-bond donors (Lipinski definition) is 0. The van der Waals surface area contributed by atoms with Crippen molar-refractivity contribution in [3.63, 3.8) is 0 Å². The molecule has 222 valence electrons. The first-order chi connectivity index (χ1) is 20.8. The molecule has 1 aliphatic carbocycles. The lowest BCUT2D eigenvalue weighted by Gasteiger charge is -2.13. The summed E-state index contributed by atoms with van der Waals surface area (Å²) < 4.78 is 25.4. The van der Waals surface area contributed by atoms with Gasteiger partial charge in [0.15, 0.2) is 5.71 Å². The second kappa shape index (κ2) is 14.3. The standard InChI is InChI=1S/C37H41N2O4/c1-38(2)30-17-13-26(14-18-30)9-11-28-21-34(40-5)32(35(22-28)41-6)25-33-36(42-7)23-29(24-37(33)43-8)12-10-27-15-19-31(20-16-27)39(3)4/h9-25H,1-8H3/q+1. The van der Waals surface area contributed by atoms with Gasteiger partial charge in [-0.3, -0.25) is 0 Å². The highest BCUT2D eigenvalue weighted by Crippen LogP contribution is 2.33. The van der Waals surface area contributed by atoms with Crippen LogP contribution in [0.2, 0.25) is 0 Å². The highest BCUT2D eigenvalue weighted by atomic mass is 16.5. The molecule has 6 heteroatoms. The van der Waals surface area contributed by atoms with Crippen molar-refractivity contribution in [2.24, 2.45) is 0 Å². The van der Waals surface area contributed by atoms with Crippen molar-refractivity contribution in [1.82, 2.24) is 0 Å². The zero-order valence-corrected chi connectivity index (χ0v) is 26.3. The summed E-state index contributed by atoms with van der Waals surface area (Å²) in [6.07, 6.45) is 18.6. The fraction of sp³-hybridized carbons (Fsp3) is 0.216. The van der Waals surface area contributed by atoms with E-state index < -0.39 is 0 Å². The molecule has 1 aliphatic rings. The van der Waals surface area contributed by atoms with Crippen molar-refractivity contribution in [3.05, 3.63) is 112 Å². The minimum atomic E-state index is 0.677. The number of nitrogens with zero attached hydrogens (tertiary/aromatic N) is 2. The highest BCUT2D eigenvalue weighted by molar-refractivity contribution is 6.02. The Bertz CT molecular complexity index is 1660. The third-order valence-electron chi connectivity index (χ3n) is 7.18. The monoisotopic (exact) mass is 577 g/mol. The van der Waals surface area contributed by atoms with Gasteiger partial charge in [0, 0.05) is 31.9 Å². The van der Waals surface area contributed by atoms with E-state index in [1.807, 2.05) is 58.5 Å². The summed E-state index contributed by atoms with van der Waals surface area (Å²) in [7, 11) is 14.8. The number of ether oxygens (including phenoxy) is 4. The molecule has 3 aromatic rings. The minimum absolute atomic E-state index is 0.677. The van der Waals surface area contributed by atoms with Crippen molar-refractivity contribution in [2.75, 3.05) is 61.5 Å². The van der Waals surface area contributed by atoms with Crippen LogP contribution >= 0.6 is 0 Å². The van der Waals surface area contributed by atoms with E-state index in [0.29, 0.717) is 23.0 Å². The average molecular weight is 578 g/mol. The summed E-state index contributed by atoms with van der Waals surface area (Å²) in [5.74, 6) is 2.71. The van der Waals surface area contributed by atoms with E-state index in [1.54, 1.807) is 28.4 Å². The average Bonchev–Trinajstić information content (AvgIpc) is 3.03. The van der Waals surface area contributed by atoms with Gasteiger partial charge in [-0.2, -0.15) is 0 Å². The molecule has 0 spiro atoms. The fourth-order valence-corrected chi connectivity index (χ4v) is 4.69. The van der Waals surface area contributed by atoms with E-state index in [2.05, 4.69) is 82.3 Å². The van der Waals surface area contributed by atoms with Crippen molar-refractivity contribution >= 4 is 35.7 Å². The van der Waals surface area contributed by atoms with Gasteiger partial charge >= 0.3 is 0 Å². The van der Waals surface area contributed by atoms with Gasteiger partial charge in [-0.1, -0.05) is 36.4 Å². The molecule has 0 radical (unpaired) electrons. The first-order valence-corrected chi connectivity index (χ1v) is 14.0. The Balaban J connectivity index is 1.73. The summed E-state index contributed by atoms with van der Waals surface area (Å²) in [6.45, 7) is 0. The van der Waals surface area contributed by atoms with Crippen LogP contribution in [0.4, 0.5) is 5.69 Å². The maximum atomic E-state index is 5.83. The molecule has 43 heavy (non-hydrogen) atoms. The molecule has 3 aromatic carbocycles. The molecule has 0 unspecified atom stereocenters. The predicted molar refractivity (Wildman–Crippen MR) is 180 cm³/mol. The smallest absolute Gasteiger partial charge is 0.199 e. The molecule has 0 heterocycles. The highest BCUT2D eigenvalue weighted by Gasteiger charge is 2.13. The lowest BCUT2D eigenvalue weighted by molar-refractivity contribution is -0.462. The zero-order chi connectivity index (χ0) is 30.9. The van der Waals surface area contributed by atoms with Gasteiger partial charge in [0.2, 0.25) is 0 Å². The van der Waals surface area contributed by atoms with Gasteiger partial charge in [-0.05, 0) is 76.5 Å². The summed E-state index contributed by atoms with van der Waals surface area (Å²) in [6, 6.07) is 16.4. The molecule has 4 rings (SSSR count). The Hall–Kier alpha value is -4.97. The molecular formula is C37H41N2O4+. The second-order valence-corrected chi connectivity index (χ2v) is 10.5. The van der Waals surface area contributed by atoms with E-state index in [1.165, 1.54) is 0 Å². The number of allylic oxidation sites excluding steroid dienone is 6. The van der Waals surface area contributed by atoms with Gasteiger partial charge in [0.05, 0.1) is 39.2 Å². The predicted octanol–water partition coefficient (Wildman–Crippen LogP) is 5.33. The van der Waals surface area contributed by atoms with Crippen LogP contribution in [-0.2, 0) is 0 Å². The van der Waals surface area contributed by atoms with E-state index in [0.717, 1.165) is 44.1 Å².